The third-order valence-corrected chi connectivity index (χ3v) is 4.56. The van der Waals surface area contributed by atoms with E-state index in [9.17, 15) is 5.11 Å². The van der Waals surface area contributed by atoms with E-state index < -0.39 is 0 Å². The first kappa shape index (κ1) is 18.1. The van der Waals surface area contributed by atoms with Gasteiger partial charge in [0.2, 0.25) is 5.75 Å². The zero-order chi connectivity index (χ0) is 18.4. The van der Waals surface area contributed by atoms with Crippen molar-refractivity contribution < 1.29 is 19.3 Å². The predicted octanol–water partition coefficient (Wildman–Crippen LogP) is 5.32. The number of phenolic OH excluding ortho intramolecular Hbond substituents is 1. The average molecular weight is 415 g/mol. The molecule has 0 atom stereocenters. The van der Waals surface area contributed by atoms with Crippen LogP contribution in [0.1, 0.15) is 11.1 Å². The monoisotopic (exact) mass is 414 g/mol. The average Bonchev–Trinajstić information content (AvgIpc) is 2.69. The summed E-state index contributed by atoms with van der Waals surface area (Å²) in [7, 11) is 1.53. The van der Waals surface area contributed by atoms with E-state index in [-0.39, 0.29) is 5.75 Å². The van der Waals surface area contributed by atoms with E-state index >= 15 is 0 Å². The smallest absolute Gasteiger partial charge is 0.205 e. The molecule has 3 aromatic carbocycles. The Kier molecular flexibility index (Phi) is 6.02. The van der Waals surface area contributed by atoms with E-state index in [0.29, 0.717) is 34.9 Å². The van der Waals surface area contributed by atoms with Gasteiger partial charge < -0.3 is 19.3 Å². The van der Waals surface area contributed by atoms with Crippen molar-refractivity contribution in [1.82, 2.24) is 0 Å². The van der Waals surface area contributed by atoms with Crippen LogP contribution >= 0.6 is 15.9 Å². The van der Waals surface area contributed by atoms with Crippen LogP contribution < -0.4 is 14.2 Å². The molecule has 0 aliphatic heterocycles. The molecular weight excluding hydrogens is 396 g/mol. The molecule has 0 saturated carbocycles. The summed E-state index contributed by atoms with van der Waals surface area (Å²) in [5.41, 5.74) is 2.03. The molecule has 0 aliphatic carbocycles. The number of halogens is 1. The van der Waals surface area contributed by atoms with Gasteiger partial charge >= 0.3 is 0 Å². The topological polar surface area (TPSA) is 47.9 Å². The van der Waals surface area contributed by atoms with Gasteiger partial charge in [-0.05, 0) is 27.1 Å². The molecule has 3 aromatic rings. The van der Waals surface area contributed by atoms with E-state index in [1.807, 2.05) is 60.7 Å². The zero-order valence-electron chi connectivity index (χ0n) is 14.3. The molecular formula is C21H19BrO4. The number of phenols is 1. The van der Waals surface area contributed by atoms with Crippen LogP contribution in [0, 0.1) is 0 Å². The maximum Gasteiger partial charge on any atom is 0.205 e. The molecule has 26 heavy (non-hydrogen) atoms. The lowest BCUT2D eigenvalue weighted by molar-refractivity contribution is 0.240. The van der Waals surface area contributed by atoms with E-state index in [4.69, 9.17) is 14.2 Å². The Hall–Kier alpha value is -2.66. The van der Waals surface area contributed by atoms with E-state index in [1.54, 1.807) is 0 Å². The first-order chi connectivity index (χ1) is 12.7. The first-order valence-corrected chi connectivity index (χ1v) is 8.91. The Morgan fingerprint density at radius 2 is 1.31 bits per heavy atom. The summed E-state index contributed by atoms with van der Waals surface area (Å²) < 4.78 is 17.7. The van der Waals surface area contributed by atoms with Gasteiger partial charge in [-0.3, -0.25) is 0 Å². The van der Waals surface area contributed by atoms with Crippen molar-refractivity contribution >= 4 is 15.9 Å². The largest absolute Gasteiger partial charge is 0.506 e. The minimum absolute atomic E-state index is 0.0250. The predicted molar refractivity (Wildman–Crippen MR) is 104 cm³/mol. The molecule has 0 aromatic heterocycles. The number of ether oxygens (including phenoxy) is 3. The molecule has 0 heterocycles. The molecule has 0 saturated heterocycles. The Bertz CT molecular complexity index is 851. The highest BCUT2D eigenvalue weighted by molar-refractivity contribution is 9.10. The van der Waals surface area contributed by atoms with Gasteiger partial charge in [0.05, 0.1) is 7.11 Å². The molecule has 0 bridgehead atoms. The quantitative estimate of drug-likeness (QED) is 0.568. The molecule has 5 heteroatoms. The maximum atomic E-state index is 10.2. The SMILES string of the molecule is COc1cc(O)c(Br)c(OCc2ccccc2)c1OCc1ccccc1. The van der Waals surface area contributed by atoms with Crippen LogP contribution in [0.25, 0.3) is 0 Å². The fourth-order valence-corrected chi connectivity index (χ4v) is 2.87. The molecule has 0 amide bonds. The van der Waals surface area contributed by atoms with Crippen molar-refractivity contribution in [2.45, 2.75) is 13.2 Å². The third-order valence-electron chi connectivity index (χ3n) is 3.79. The zero-order valence-corrected chi connectivity index (χ0v) is 15.9. The highest BCUT2D eigenvalue weighted by atomic mass is 79.9. The Morgan fingerprint density at radius 3 is 1.81 bits per heavy atom. The fraction of sp³-hybridized carbons (Fsp3) is 0.143. The van der Waals surface area contributed by atoms with Gasteiger partial charge in [-0.15, -0.1) is 0 Å². The summed E-state index contributed by atoms with van der Waals surface area (Å²) in [5, 5.41) is 10.2. The van der Waals surface area contributed by atoms with Gasteiger partial charge in [0.15, 0.2) is 11.5 Å². The van der Waals surface area contributed by atoms with Crippen LogP contribution in [0.3, 0.4) is 0 Å². The molecule has 3 rings (SSSR count). The van der Waals surface area contributed by atoms with Crippen molar-refractivity contribution in [1.29, 1.82) is 0 Å². The minimum atomic E-state index is 0.0250. The molecule has 4 nitrogen and oxygen atoms in total. The molecule has 0 fully saturated rings. The second-order valence-electron chi connectivity index (χ2n) is 5.62. The second-order valence-corrected chi connectivity index (χ2v) is 6.41. The normalized spacial score (nSPS) is 10.4. The minimum Gasteiger partial charge on any atom is -0.506 e. The van der Waals surface area contributed by atoms with Crippen LogP contribution in [0.5, 0.6) is 23.0 Å². The van der Waals surface area contributed by atoms with Crippen LogP contribution in [-0.2, 0) is 13.2 Å². The fourth-order valence-electron chi connectivity index (χ4n) is 2.46. The molecule has 0 aliphatic rings. The Morgan fingerprint density at radius 1 is 0.808 bits per heavy atom. The van der Waals surface area contributed by atoms with Gasteiger partial charge in [-0.25, -0.2) is 0 Å². The number of rotatable bonds is 7. The Balaban J connectivity index is 1.88. The van der Waals surface area contributed by atoms with Crippen molar-refractivity contribution in [2.24, 2.45) is 0 Å². The number of methoxy groups -OCH3 is 1. The Labute approximate surface area is 161 Å². The van der Waals surface area contributed by atoms with E-state index in [1.165, 1.54) is 13.2 Å². The van der Waals surface area contributed by atoms with Crippen LogP contribution in [0.4, 0.5) is 0 Å². The van der Waals surface area contributed by atoms with Crippen molar-refractivity contribution in [3.05, 3.63) is 82.3 Å². The van der Waals surface area contributed by atoms with Gasteiger partial charge in [-0.2, -0.15) is 0 Å². The lowest BCUT2D eigenvalue weighted by Gasteiger charge is -2.18. The van der Waals surface area contributed by atoms with Gasteiger partial charge in [-0.1, -0.05) is 60.7 Å². The molecule has 0 spiro atoms. The van der Waals surface area contributed by atoms with Gasteiger partial charge in [0, 0.05) is 6.07 Å². The highest BCUT2D eigenvalue weighted by Crippen LogP contribution is 2.48. The molecule has 0 unspecified atom stereocenters. The third kappa shape index (κ3) is 4.29. The lowest BCUT2D eigenvalue weighted by atomic mass is 10.2. The van der Waals surface area contributed by atoms with Crippen molar-refractivity contribution in [3.8, 4) is 23.0 Å². The lowest BCUT2D eigenvalue weighted by Crippen LogP contribution is -2.03. The number of hydrogen-bond acceptors (Lipinski definition) is 4. The summed E-state index contributed by atoms with van der Waals surface area (Å²) in [6, 6.07) is 21.1. The standard InChI is InChI=1S/C21H19BrO4/c1-24-18-12-17(23)19(22)21(26-14-16-10-6-3-7-11-16)20(18)25-13-15-8-4-2-5-9-15/h2-12,23H,13-14H2,1H3. The van der Waals surface area contributed by atoms with E-state index in [2.05, 4.69) is 15.9 Å². The van der Waals surface area contributed by atoms with Crippen LogP contribution in [0.2, 0.25) is 0 Å². The summed E-state index contributed by atoms with van der Waals surface area (Å²) in [6.07, 6.45) is 0. The van der Waals surface area contributed by atoms with Crippen molar-refractivity contribution in [2.75, 3.05) is 7.11 Å². The van der Waals surface area contributed by atoms with Gasteiger partial charge in [0.1, 0.15) is 23.4 Å². The maximum absolute atomic E-state index is 10.2. The molecule has 0 radical (unpaired) electrons. The first-order valence-electron chi connectivity index (χ1n) is 8.12. The summed E-state index contributed by atoms with van der Waals surface area (Å²) >= 11 is 3.38. The molecule has 1 N–H and O–H groups in total. The number of hydrogen-bond donors (Lipinski definition) is 1. The summed E-state index contributed by atoms with van der Waals surface area (Å²) in [5.74, 6) is 1.28. The van der Waals surface area contributed by atoms with Gasteiger partial charge in [0.25, 0.3) is 0 Å². The van der Waals surface area contributed by atoms with Crippen LogP contribution in [0.15, 0.2) is 71.2 Å². The second kappa shape index (κ2) is 8.63. The van der Waals surface area contributed by atoms with Crippen molar-refractivity contribution in [3.63, 3.8) is 0 Å². The molecule has 134 valence electrons. The van der Waals surface area contributed by atoms with E-state index in [0.717, 1.165) is 11.1 Å². The summed E-state index contributed by atoms with van der Waals surface area (Å²) in [6.45, 7) is 0.698. The summed E-state index contributed by atoms with van der Waals surface area (Å²) in [4.78, 5) is 0. The van der Waals surface area contributed by atoms with Crippen LogP contribution in [-0.4, -0.2) is 12.2 Å². The highest BCUT2D eigenvalue weighted by Gasteiger charge is 2.20. The number of benzene rings is 3. The number of aromatic hydroxyl groups is 1.